The van der Waals surface area contributed by atoms with E-state index in [0.29, 0.717) is 23.0 Å². The first kappa shape index (κ1) is 17.0. The molecular weight excluding hydrogens is 340 g/mol. The number of nitrogens with one attached hydrogen (secondary N) is 1. The van der Waals surface area contributed by atoms with Gasteiger partial charge in [-0.05, 0) is 37.4 Å². The van der Waals surface area contributed by atoms with Gasteiger partial charge in [-0.3, -0.25) is 9.59 Å². The van der Waals surface area contributed by atoms with E-state index in [1.807, 2.05) is 24.5 Å². The minimum atomic E-state index is -0.292. The number of hydrogen-bond acceptors (Lipinski definition) is 6. The molecule has 128 valence electrons. The van der Waals surface area contributed by atoms with Crippen molar-refractivity contribution in [1.29, 1.82) is 0 Å². The maximum Gasteiger partial charge on any atom is 0.259 e. The van der Waals surface area contributed by atoms with Crippen molar-refractivity contribution in [3.8, 4) is 11.5 Å². The number of benzene rings is 1. The molecule has 7 nitrogen and oxygen atoms in total. The summed E-state index contributed by atoms with van der Waals surface area (Å²) in [7, 11) is 0. The highest BCUT2D eigenvalue weighted by molar-refractivity contribution is 7.98. The second-order valence-corrected chi connectivity index (χ2v) is 6.19. The van der Waals surface area contributed by atoms with Crippen LogP contribution in [-0.2, 0) is 11.3 Å². The zero-order valence-corrected chi connectivity index (χ0v) is 14.5. The van der Waals surface area contributed by atoms with Gasteiger partial charge in [-0.2, -0.15) is 4.98 Å². The lowest BCUT2D eigenvalue weighted by atomic mass is 10.2. The topological polar surface area (TPSA) is 90.0 Å². The molecule has 0 aliphatic carbocycles. The fraction of sp³-hybridized carbons (Fsp3) is 0.176. The first-order valence-electron chi connectivity index (χ1n) is 7.50. The third kappa shape index (κ3) is 4.16. The van der Waals surface area contributed by atoms with Crippen LogP contribution in [-0.4, -0.2) is 26.9 Å². The molecule has 3 rings (SSSR count). The van der Waals surface area contributed by atoms with Crippen molar-refractivity contribution in [3.05, 3.63) is 58.8 Å². The van der Waals surface area contributed by atoms with E-state index in [0.717, 1.165) is 4.90 Å². The molecule has 2 heterocycles. The van der Waals surface area contributed by atoms with Crippen LogP contribution in [0.4, 0.5) is 5.69 Å². The van der Waals surface area contributed by atoms with Gasteiger partial charge in [-0.1, -0.05) is 11.2 Å². The fourth-order valence-corrected chi connectivity index (χ4v) is 2.71. The third-order valence-electron chi connectivity index (χ3n) is 3.43. The summed E-state index contributed by atoms with van der Waals surface area (Å²) in [6, 6.07) is 10.5. The number of amides is 1. The first-order valence-corrected chi connectivity index (χ1v) is 8.73. The molecule has 1 N–H and O–H groups in total. The molecule has 0 bridgehead atoms. The zero-order chi connectivity index (χ0) is 17.8. The summed E-state index contributed by atoms with van der Waals surface area (Å²) in [4.78, 5) is 29.4. The Morgan fingerprint density at radius 2 is 2.16 bits per heavy atom. The van der Waals surface area contributed by atoms with Crippen LogP contribution in [0.15, 0.2) is 56.8 Å². The number of aromatic nitrogens is 3. The van der Waals surface area contributed by atoms with Crippen molar-refractivity contribution in [1.82, 2.24) is 14.7 Å². The lowest BCUT2D eigenvalue weighted by molar-refractivity contribution is -0.116. The molecule has 0 saturated heterocycles. The van der Waals surface area contributed by atoms with Crippen LogP contribution >= 0.6 is 11.8 Å². The van der Waals surface area contributed by atoms with Gasteiger partial charge in [0.2, 0.25) is 5.91 Å². The van der Waals surface area contributed by atoms with Gasteiger partial charge < -0.3 is 14.4 Å². The maximum atomic E-state index is 12.3. The molecule has 0 radical (unpaired) electrons. The van der Waals surface area contributed by atoms with Crippen molar-refractivity contribution in [2.24, 2.45) is 0 Å². The molecule has 8 heteroatoms. The van der Waals surface area contributed by atoms with Crippen molar-refractivity contribution < 1.29 is 9.32 Å². The van der Waals surface area contributed by atoms with E-state index in [1.54, 1.807) is 30.8 Å². The van der Waals surface area contributed by atoms with Crippen LogP contribution in [0.3, 0.4) is 0 Å². The van der Waals surface area contributed by atoms with Gasteiger partial charge in [0.05, 0.1) is 5.56 Å². The highest BCUT2D eigenvalue weighted by Gasteiger charge is 2.10. The number of thioether (sulfide) groups is 1. The largest absolute Gasteiger partial charge is 0.334 e. The summed E-state index contributed by atoms with van der Waals surface area (Å²) >= 11 is 1.59. The predicted octanol–water partition coefficient (Wildman–Crippen LogP) is 2.57. The molecule has 3 aromatic rings. The molecule has 25 heavy (non-hydrogen) atoms. The Labute approximate surface area is 148 Å². The van der Waals surface area contributed by atoms with Gasteiger partial charge in [-0.25, -0.2) is 0 Å². The number of pyridine rings is 1. The van der Waals surface area contributed by atoms with Crippen LogP contribution in [0.2, 0.25) is 0 Å². The minimum absolute atomic E-state index is 0.108. The average molecular weight is 356 g/mol. The van der Waals surface area contributed by atoms with Crippen LogP contribution in [0, 0.1) is 6.92 Å². The van der Waals surface area contributed by atoms with Crippen LogP contribution in [0.1, 0.15) is 5.82 Å². The number of carbonyl (C=O) groups excluding carboxylic acids is 1. The predicted molar refractivity (Wildman–Crippen MR) is 95.6 cm³/mol. The van der Waals surface area contributed by atoms with Crippen LogP contribution in [0.25, 0.3) is 11.5 Å². The lowest BCUT2D eigenvalue weighted by Crippen LogP contribution is -2.26. The average Bonchev–Trinajstić information content (AvgIpc) is 3.03. The second-order valence-electron chi connectivity index (χ2n) is 5.31. The quantitative estimate of drug-likeness (QED) is 0.707. The molecule has 2 aromatic heterocycles. The summed E-state index contributed by atoms with van der Waals surface area (Å²) in [5.74, 6) is 0.512. The molecule has 0 spiro atoms. The van der Waals surface area contributed by atoms with Gasteiger partial charge in [0, 0.05) is 22.8 Å². The Bertz CT molecular complexity index is 964. The number of aryl methyl sites for hydroxylation is 1. The molecule has 0 atom stereocenters. The van der Waals surface area contributed by atoms with E-state index in [1.165, 1.54) is 16.8 Å². The highest BCUT2D eigenvalue weighted by Crippen LogP contribution is 2.19. The van der Waals surface area contributed by atoms with E-state index >= 15 is 0 Å². The van der Waals surface area contributed by atoms with E-state index in [2.05, 4.69) is 15.5 Å². The Morgan fingerprint density at radius 3 is 2.88 bits per heavy atom. The zero-order valence-electron chi connectivity index (χ0n) is 13.7. The van der Waals surface area contributed by atoms with E-state index in [4.69, 9.17) is 4.52 Å². The number of rotatable bonds is 5. The molecule has 1 aromatic carbocycles. The molecule has 0 unspecified atom stereocenters. The SMILES string of the molecule is CSc1cccc(NC(=O)Cn2cc(-c3nc(C)no3)ccc2=O)c1. The van der Waals surface area contributed by atoms with Gasteiger partial charge in [0.1, 0.15) is 6.54 Å². The van der Waals surface area contributed by atoms with E-state index in [-0.39, 0.29) is 18.0 Å². The van der Waals surface area contributed by atoms with E-state index in [9.17, 15) is 9.59 Å². The van der Waals surface area contributed by atoms with Crippen LogP contribution < -0.4 is 10.9 Å². The Morgan fingerprint density at radius 1 is 1.32 bits per heavy atom. The standard InChI is InChI=1S/C17H16N4O3S/c1-11-18-17(24-20-11)12-6-7-16(23)21(9-12)10-15(22)19-13-4-3-5-14(8-13)25-2/h3-9H,10H2,1-2H3,(H,19,22). The fourth-order valence-electron chi connectivity index (χ4n) is 2.25. The Balaban J connectivity index is 1.77. The Hall–Kier alpha value is -2.87. The molecular formula is C17H16N4O3S. The highest BCUT2D eigenvalue weighted by atomic mass is 32.2. The smallest absolute Gasteiger partial charge is 0.259 e. The minimum Gasteiger partial charge on any atom is -0.334 e. The Kier molecular flexibility index (Phi) is 4.99. The molecule has 0 fully saturated rings. The van der Waals surface area contributed by atoms with Crippen molar-refractivity contribution >= 4 is 23.4 Å². The number of hydrogen-bond donors (Lipinski definition) is 1. The summed E-state index contributed by atoms with van der Waals surface area (Å²) in [5, 5.41) is 6.52. The second kappa shape index (κ2) is 7.35. The molecule has 0 aliphatic heterocycles. The van der Waals surface area contributed by atoms with Gasteiger partial charge in [-0.15, -0.1) is 11.8 Å². The summed E-state index contributed by atoms with van der Waals surface area (Å²) in [5.41, 5.74) is 0.985. The van der Waals surface area contributed by atoms with Crippen molar-refractivity contribution in [2.45, 2.75) is 18.4 Å². The summed E-state index contributed by atoms with van der Waals surface area (Å²) < 4.78 is 6.40. The maximum absolute atomic E-state index is 12.3. The van der Waals surface area contributed by atoms with Gasteiger partial charge >= 0.3 is 0 Å². The summed E-state index contributed by atoms with van der Waals surface area (Å²) in [6.45, 7) is 1.60. The van der Waals surface area contributed by atoms with E-state index < -0.39 is 0 Å². The van der Waals surface area contributed by atoms with Gasteiger partial charge in [0.25, 0.3) is 11.4 Å². The first-order chi connectivity index (χ1) is 12.0. The number of nitrogens with zero attached hydrogens (tertiary/aromatic N) is 3. The normalized spacial score (nSPS) is 10.6. The monoisotopic (exact) mass is 356 g/mol. The molecule has 0 aliphatic rings. The van der Waals surface area contributed by atoms with Crippen molar-refractivity contribution in [3.63, 3.8) is 0 Å². The van der Waals surface area contributed by atoms with Gasteiger partial charge in [0.15, 0.2) is 5.82 Å². The number of carbonyl (C=O) groups is 1. The third-order valence-corrected chi connectivity index (χ3v) is 4.15. The lowest BCUT2D eigenvalue weighted by Gasteiger charge is -2.09. The molecule has 0 saturated carbocycles. The van der Waals surface area contributed by atoms with Crippen molar-refractivity contribution in [2.75, 3.05) is 11.6 Å². The number of anilines is 1. The van der Waals surface area contributed by atoms with Crippen LogP contribution in [0.5, 0.6) is 0 Å². The summed E-state index contributed by atoms with van der Waals surface area (Å²) in [6.07, 6.45) is 3.50. The molecule has 1 amide bonds.